The molecule has 0 aromatic heterocycles. The van der Waals surface area contributed by atoms with E-state index in [1.807, 2.05) is 31.2 Å². The number of para-hydroxylation sites is 2. The van der Waals surface area contributed by atoms with Gasteiger partial charge in [-0.15, -0.1) is 0 Å². The number of ether oxygens (including phenoxy) is 2. The van der Waals surface area contributed by atoms with Crippen LogP contribution in [0.15, 0.2) is 35.9 Å². The molecule has 1 saturated heterocycles. The lowest BCUT2D eigenvalue weighted by Gasteiger charge is -2.39. The van der Waals surface area contributed by atoms with Crippen LogP contribution in [0.1, 0.15) is 26.7 Å². The largest absolute Gasteiger partial charge is 0.495 e. The summed E-state index contributed by atoms with van der Waals surface area (Å²) in [6.07, 6.45) is 3.61. The van der Waals surface area contributed by atoms with E-state index in [1.165, 1.54) is 5.57 Å². The minimum absolute atomic E-state index is 0.0127. The van der Waals surface area contributed by atoms with Crippen molar-refractivity contribution in [1.29, 1.82) is 0 Å². The average molecular weight is 404 g/mol. The lowest BCUT2D eigenvalue weighted by Crippen LogP contribution is -2.48. The lowest BCUT2D eigenvalue weighted by molar-refractivity contribution is -0.486. The van der Waals surface area contributed by atoms with Gasteiger partial charge in [-0.05, 0) is 38.8 Å². The number of hydrogen-bond acceptors (Lipinski definition) is 6. The lowest BCUT2D eigenvalue weighted by atomic mass is 9.80. The molecule has 0 N–H and O–H groups in total. The minimum Gasteiger partial charge on any atom is -0.495 e. The van der Waals surface area contributed by atoms with Gasteiger partial charge < -0.3 is 14.4 Å². The molecule has 0 bridgehead atoms. The predicted octanol–water partition coefficient (Wildman–Crippen LogP) is 3.23. The molecule has 1 aromatic rings. The fourth-order valence-electron chi connectivity index (χ4n) is 4.68. The highest BCUT2D eigenvalue weighted by Gasteiger charge is 2.34. The summed E-state index contributed by atoms with van der Waals surface area (Å²) in [4.78, 5) is 15.5. The van der Waals surface area contributed by atoms with Gasteiger partial charge in [0.15, 0.2) is 0 Å². The summed E-state index contributed by atoms with van der Waals surface area (Å²) in [7, 11) is 1.71. The van der Waals surface area contributed by atoms with Crippen molar-refractivity contribution in [3.63, 3.8) is 0 Å². The summed E-state index contributed by atoms with van der Waals surface area (Å²) in [5.74, 6) is 0.885. The maximum atomic E-state index is 10.9. The Morgan fingerprint density at radius 2 is 1.97 bits per heavy atom. The first kappa shape index (κ1) is 21.6. The average Bonchev–Trinajstić information content (AvgIpc) is 2.67. The summed E-state index contributed by atoms with van der Waals surface area (Å²) in [5, 5.41) is 10.9. The van der Waals surface area contributed by atoms with Crippen molar-refractivity contribution in [3.05, 3.63) is 46.0 Å². The Hall–Kier alpha value is -2.12. The summed E-state index contributed by atoms with van der Waals surface area (Å²) in [5.41, 5.74) is 2.04. The zero-order valence-corrected chi connectivity index (χ0v) is 17.8. The summed E-state index contributed by atoms with van der Waals surface area (Å²) in [6.45, 7) is 9.57. The number of benzene rings is 1. The number of hydrogen-bond donors (Lipinski definition) is 0. The van der Waals surface area contributed by atoms with Gasteiger partial charge in [-0.25, -0.2) is 0 Å². The van der Waals surface area contributed by atoms with Crippen LogP contribution in [-0.2, 0) is 4.74 Å². The van der Waals surface area contributed by atoms with Crippen molar-refractivity contribution in [2.24, 2.45) is 5.92 Å². The standard InChI is InChI=1S/C22H33N3O4/c1-18-14-19(17-25(26)27)16-22(2,15-18)29-13-12-23-8-10-24(11-9-23)20-6-4-5-7-21(20)28-3/h4-7,14,19H,8-13,15-17H2,1-3H3. The summed E-state index contributed by atoms with van der Waals surface area (Å²) >= 11 is 0. The minimum atomic E-state index is -0.307. The van der Waals surface area contributed by atoms with Crippen LogP contribution in [0, 0.1) is 16.0 Å². The van der Waals surface area contributed by atoms with E-state index in [1.54, 1.807) is 7.11 Å². The Balaban J connectivity index is 1.45. The fourth-order valence-corrected chi connectivity index (χ4v) is 4.68. The third kappa shape index (κ3) is 5.93. The predicted molar refractivity (Wildman–Crippen MR) is 114 cm³/mol. The van der Waals surface area contributed by atoms with Crippen molar-refractivity contribution < 1.29 is 14.4 Å². The molecule has 1 aliphatic carbocycles. The van der Waals surface area contributed by atoms with Gasteiger partial charge in [-0.2, -0.15) is 0 Å². The van der Waals surface area contributed by atoms with Gasteiger partial charge in [-0.1, -0.05) is 23.8 Å². The van der Waals surface area contributed by atoms with Gasteiger partial charge in [0.1, 0.15) is 5.75 Å². The molecule has 1 heterocycles. The topological polar surface area (TPSA) is 68.1 Å². The van der Waals surface area contributed by atoms with Gasteiger partial charge >= 0.3 is 0 Å². The van der Waals surface area contributed by atoms with E-state index in [2.05, 4.69) is 22.8 Å². The number of nitro groups is 1. The second kappa shape index (κ2) is 9.59. The maximum absolute atomic E-state index is 10.9. The van der Waals surface area contributed by atoms with E-state index < -0.39 is 0 Å². The van der Waals surface area contributed by atoms with Gasteiger partial charge in [-0.3, -0.25) is 15.0 Å². The van der Waals surface area contributed by atoms with Crippen LogP contribution in [0.2, 0.25) is 0 Å². The normalized spacial score (nSPS) is 25.6. The molecule has 0 amide bonds. The van der Waals surface area contributed by atoms with Gasteiger partial charge in [0.05, 0.1) is 25.0 Å². The number of nitrogens with zero attached hydrogens (tertiary/aromatic N) is 3. The molecule has 7 heteroatoms. The van der Waals surface area contributed by atoms with E-state index in [4.69, 9.17) is 9.47 Å². The van der Waals surface area contributed by atoms with Gasteiger partial charge in [0.2, 0.25) is 6.54 Å². The fraction of sp³-hybridized carbons (Fsp3) is 0.636. The quantitative estimate of drug-likeness (QED) is 0.377. The van der Waals surface area contributed by atoms with E-state index in [9.17, 15) is 10.1 Å². The van der Waals surface area contributed by atoms with Crippen LogP contribution in [0.25, 0.3) is 0 Å². The summed E-state index contributed by atoms with van der Waals surface area (Å²) < 4.78 is 11.8. The third-order valence-corrected chi connectivity index (χ3v) is 5.91. The zero-order chi connectivity index (χ0) is 20.9. The third-order valence-electron chi connectivity index (χ3n) is 5.91. The first-order valence-electron chi connectivity index (χ1n) is 10.4. The van der Waals surface area contributed by atoms with Crippen molar-refractivity contribution in [3.8, 4) is 5.75 Å². The van der Waals surface area contributed by atoms with Gasteiger partial charge in [0, 0.05) is 43.6 Å². The van der Waals surface area contributed by atoms with Crippen LogP contribution in [-0.4, -0.2) is 68.4 Å². The molecule has 2 unspecified atom stereocenters. The van der Waals surface area contributed by atoms with E-state index >= 15 is 0 Å². The maximum Gasteiger partial charge on any atom is 0.210 e. The summed E-state index contributed by atoms with van der Waals surface area (Å²) in [6, 6.07) is 8.15. The number of piperazine rings is 1. The van der Waals surface area contributed by atoms with Crippen LogP contribution >= 0.6 is 0 Å². The Morgan fingerprint density at radius 1 is 1.24 bits per heavy atom. The van der Waals surface area contributed by atoms with Crippen LogP contribution in [0.3, 0.4) is 0 Å². The highest BCUT2D eigenvalue weighted by molar-refractivity contribution is 5.58. The first-order chi connectivity index (χ1) is 13.9. The number of methoxy groups -OCH3 is 1. The Kier molecular flexibility index (Phi) is 7.14. The molecule has 160 valence electrons. The molecular weight excluding hydrogens is 370 g/mol. The SMILES string of the molecule is COc1ccccc1N1CCN(CCOC2(C)CC(C)=CC(C[N+](=O)[O-])C2)CC1. The molecule has 0 spiro atoms. The van der Waals surface area contributed by atoms with Crippen molar-refractivity contribution >= 4 is 5.69 Å². The van der Waals surface area contributed by atoms with Crippen LogP contribution < -0.4 is 9.64 Å². The van der Waals surface area contributed by atoms with Crippen molar-refractivity contribution in [2.45, 2.75) is 32.3 Å². The highest BCUT2D eigenvalue weighted by atomic mass is 16.6. The molecule has 0 radical (unpaired) electrons. The molecule has 29 heavy (non-hydrogen) atoms. The zero-order valence-electron chi connectivity index (χ0n) is 17.8. The van der Waals surface area contributed by atoms with Crippen molar-refractivity contribution in [2.75, 3.05) is 57.9 Å². The van der Waals surface area contributed by atoms with Crippen LogP contribution in [0.5, 0.6) is 5.75 Å². The van der Waals surface area contributed by atoms with E-state index in [0.717, 1.165) is 50.6 Å². The van der Waals surface area contributed by atoms with E-state index in [0.29, 0.717) is 13.0 Å². The smallest absolute Gasteiger partial charge is 0.210 e. The van der Waals surface area contributed by atoms with Crippen LogP contribution in [0.4, 0.5) is 5.69 Å². The Bertz CT molecular complexity index is 731. The molecular formula is C22H33N3O4. The first-order valence-corrected chi connectivity index (χ1v) is 10.4. The van der Waals surface area contributed by atoms with Gasteiger partial charge in [0.25, 0.3) is 0 Å². The van der Waals surface area contributed by atoms with Crippen molar-refractivity contribution in [1.82, 2.24) is 4.90 Å². The second-order valence-corrected chi connectivity index (χ2v) is 8.47. The molecule has 1 fully saturated rings. The number of rotatable bonds is 8. The number of anilines is 1. The molecule has 0 saturated carbocycles. The monoisotopic (exact) mass is 403 g/mol. The Morgan fingerprint density at radius 3 is 2.66 bits per heavy atom. The molecule has 3 rings (SSSR count). The highest BCUT2D eigenvalue weighted by Crippen LogP contribution is 2.34. The molecule has 2 aliphatic rings. The molecule has 7 nitrogen and oxygen atoms in total. The van der Waals surface area contributed by atoms with E-state index in [-0.39, 0.29) is 23.0 Å². The molecule has 1 aliphatic heterocycles. The molecule has 1 aromatic carbocycles. The Labute approximate surface area is 173 Å². The second-order valence-electron chi connectivity index (χ2n) is 8.47. The molecule has 2 atom stereocenters.